The van der Waals surface area contributed by atoms with E-state index in [1.54, 1.807) is 22.7 Å². The van der Waals surface area contributed by atoms with Crippen LogP contribution in [-0.2, 0) is 13.1 Å². The van der Waals surface area contributed by atoms with Gasteiger partial charge in [0.2, 0.25) is 0 Å². The number of thiazole rings is 2. The average molecular weight is 310 g/mol. The van der Waals surface area contributed by atoms with Crippen molar-refractivity contribution in [3.05, 3.63) is 27.2 Å². The number of aromatic nitrogens is 2. The van der Waals surface area contributed by atoms with Gasteiger partial charge in [0.05, 0.1) is 17.7 Å². The van der Waals surface area contributed by atoms with E-state index in [2.05, 4.69) is 48.0 Å². The first-order chi connectivity index (χ1) is 9.56. The van der Waals surface area contributed by atoms with Crippen LogP contribution < -0.4 is 10.2 Å². The van der Waals surface area contributed by atoms with Gasteiger partial charge in [-0.1, -0.05) is 13.8 Å². The molecule has 0 radical (unpaired) electrons. The maximum Gasteiger partial charge on any atom is 0.185 e. The number of nitrogens with zero attached hydrogens (tertiary/aromatic N) is 3. The zero-order valence-corrected chi connectivity index (χ0v) is 14.1. The Morgan fingerprint density at radius 1 is 1.35 bits per heavy atom. The molecule has 0 aromatic carbocycles. The molecule has 2 aromatic rings. The second kappa shape index (κ2) is 7.15. The summed E-state index contributed by atoms with van der Waals surface area (Å²) in [6.07, 6.45) is 1.98. The number of anilines is 1. The second-order valence-electron chi connectivity index (χ2n) is 5.35. The van der Waals surface area contributed by atoms with E-state index in [-0.39, 0.29) is 0 Å². The van der Waals surface area contributed by atoms with E-state index in [4.69, 9.17) is 0 Å². The number of hydrogen-bond donors (Lipinski definition) is 1. The number of aryl methyl sites for hydroxylation is 1. The summed E-state index contributed by atoms with van der Waals surface area (Å²) in [5.74, 6) is 0.680. The van der Waals surface area contributed by atoms with Gasteiger partial charge in [0.25, 0.3) is 0 Å². The van der Waals surface area contributed by atoms with Crippen molar-refractivity contribution >= 4 is 27.8 Å². The number of hydrogen-bond acceptors (Lipinski definition) is 6. The molecule has 2 heterocycles. The molecule has 1 N–H and O–H groups in total. The lowest BCUT2D eigenvalue weighted by atomic mass is 10.2. The van der Waals surface area contributed by atoms with Crippen molar-refractivity contribution < 1.29 is 0 Å². The van der Waals surface area contributed by atoms with Crippen molar-refractivity contribution in [3.8, 4) is 0 Å². The van der Waals surface area contributed by atoms with E-state index < -0.39 is 0 Å². The first-order valence-electron chi connectivity index (χ1n) is 6.81. The van der Waals surface area contributed by atoms with Gasteiger partial charge >= 0.3 is 0 Å². The van der Waals surface area contributed by atoms with Gasteiger partial charge in [0, 0.05) is 29.5 Å². The van der Waals surface area contributed by atoms with Crippen molar-refractivity contribution in [3.63, 3.8) is 0 Å². The lowest BCUT2D eigenvalue weighted by Crippen LogP contribution is -2.18. The quantitative estimate of drug-likeness (QED) is 0.852. The summed E-state index contributed by atoms with van der Waals surface area (Å²) >= 11 is 3.47. The largest absolute Gasteiger partial charge is 0.346 e. The molecule has 0 fully saturated rings. The average Bonchev–Trinajstić information content (AvgIpc) is 2.99. The molecular weight excluding hydrogens is 288 g/mol. The third-order valence-corrected chi connectivity index (χ3v) is 4.98. The summed E-state index contributed by atoms with van der Waals surface area (Å²) in [6, 6.07) is 0. The highest BCUT2D eigenvalue weighted by Crippen LogP contribution is 2.24. The van der Waals surface area contributed by atoms with Crippen molar-refractivity contribution in [2.24, 2.45) is 5.92 Å². The predicted molar refractivity (Wildman–Crippen MR) is 87.6 cm³/mol. The second-order valence-corrected chi connectivity index (χ2v) is 7.38. The monoisotopic (exact) mass is 310 g/mol. The normalized spacial score (nSPS) is 11.2. The van der Waals surface area contributed by atoms with E-state index in [0.717, 1.165) is 30.5 Å². The molecule has 110 valence electrons. The maximum atomic E-state index is 4.51. The summed E-state index contributed by atoms with van der Waals surface area (Å²) in [5.41, 5.74) is 3.03. The molecule has 0 aliphatic rings. The van der Waals surface area contributed by atoms with Crippen LogP contribution in [0.3, 0.4) is 0 Å². The van der Waals surface area contributed by atoms with Gasteiger partial charge in [-0.05, 0) is 19.4 Å². The van der Waals surface area contributed by atoms with Crippen LogP contribution in [0, 0.1) is 12.8 Å². The summed E-state index contributed by atoms with van der Waals surface area (Å²) in [4.78, 5) is 13.6. The Balaban J connectivity index is 1.89. The van der Waals surface area contributed by atoms with Crippen LogP contribution in [0.1, 0.15) is 29.3 Å². The van der Waals surface area contributed by atoms with Gasteiger partial charge in [-0.2, -0.15) is 0 Å². The zero-order valence-electron chi connectivity index (χ0n) is 12.5. The van der Waals surface area contributed by atoms with Gasteiger partial charge in [-0.3, -0.25) is 0 Å². The highest BCUT2D eigenvalue weighted by Gasteiger charge is 2.10. The van der Waals surface area contributed by atoms with E-state index >= 15 is 0 Å². The van der Waals surface area contributed by atoms with Crippen LogP contribution in [0.15, 0.2) is 11.7 Å². The van der Waals surface area contributed by atoms with Gasteiger partial charge in [0.1, 0.15) is 0 Å². The van der Waals surface area contributed by atoms with Crippen molar-refractivity contribution in [1.82, 2.24) is 15.3 Å². The minimum atomic E-state index is 0.680. The minimum absolute atomic E-state index is 0.680. The molecule has 0 aliphatic carbocycles. The van der Waals surface area contributed by atoms with E-state index in [1.165, 1.54) is 9.75 Å². The minimum Gasteiger partial charge on any atom is -0.346 e. The van der Waals surface area contributed by atoms with Crippen molar-refractivity contribution in [2.75, 3.05) is 18.5 Å². The van der Waals surface area contributed by atoms with Crippen LogP contribution in [0.4, 0.5) is 5.13 Å². The lowest BCUT2D eigenvalue weighted by molar-refractivity contribution is 0.554. The van der Waals surface area contributed by atoms with Crippen LogP contribution in [-0.4, -0.2) is 23.6 Å². The van der Waals surface area contributed by atoms with Crippen molar-refractivity contribution in [1.29, 1.82) is 0 Å². The molecule has 0 unspecified atom stereocenters. The molecule has 0 amide bonds. The molecule has 20 heavy (non-hydrogen) atoms. The molecule has 6 heteroatoms. The molecule has 0 bridgehead atoms. The Kier molecular flexibility index (Phi) is 5.51. The molecular formula is C14H22N4S2. The Hall–Kier alpha value is -0.980. The first kappa shape index (κ1) is 15.4. The fourth-order valence-electron chi connectivity index (χ4n) is 1.80. The molecule has 0 aliphatic heterocycles. The van der Waals surface area contributed by atoms with Crippen molar-refractivity contribution in [2.45, 2.75) is 33.9 Å². The highest BCUT2D eigenvalue weighted by molar-refractivity contribution is 7.15. The van der Waals surface area contributed by atoms with E-state index in [1.807, 2.05) is 11.7 Å². The van der Waals surface area contributed by atoms with Crippen LogP contribution in [0.5, 0.6) is 0 Å². The maximum absolute atomic E-state index is 4.51. The summed E-state index contributed by atoms with van der Waals surface area (Å²) < 4.78 is 0. The SMILES string of the molecule is Cc1ncsc1CN(C)c1ncc(CNCC(C)C)s1. The molecule has 2 aromatic heterocycles. The topological polar surface area (TPSA) is 41.1 Å². The standard InChI is InChI=1S/C14H22N4S2/c1-10(2)5-15-6-12-7-16-14(20-12)18(4)8-13-11(3)17-9-19-13/h7,9-10,15H,5-6,8H2,1-4H3. The summed E-state index contributed by atoms with van der Waals surface area (Å²) in [7, 11) is 2.09. The lowest BCUT2D eigenvalue weighted by Gasteiger charge is -2.14. The summed E-state index contributed by atoms with van der Waals surface area (Å²) in [6.45, 7) is 9.32. The fourth-order valence-corrected chi connectivity index (χ4v) is 3.47. The third kappa shape index (κ3) is 4.26. The Labute approximate surface area is 128 Å². The van der Waals surface area contributed by atoms with Gasteiger partial charge < -0.3 is 10.2 Å². The van der Waals surface area contributed by atoms with E-state index in [0.29, 0.717) is 5.92 Å². The Morgan fingerprint density at radius 3 is 2.80 bits per heavy atom. The van der Waals surface area contributed by atoms with Crippen LogP contribution >= 0.6 is 22.7 Å². The Bertz CT molecular complexity index is 533. The zero-order chi connectivity index (χ0) is 14.5. The predicted octanol–water partition coefficient (Wildman–Crippen LogP) is 3.29. The van der Waals surface area contributed by atoms with E-state index in [9.17, 15) is 0 Å². The number of nitrogens with one attached hydrogen (secondary N) is 1. The Morgan fingerprint density at radius 2 is 2.15 bits per heavy atom. The van der Waals surface area contributed by atoms with Crippen LogP contribution in [0.25, 0.3) is 0 Å². The fraction of sp³-hybridized carbons (Fsp3) is 0.571. The van der Waals surface area contributed by atoms with Gasteiger partial charge in [-0.15, -0.1) is 22.7 Å². The van der Waals surface area contributed by atoms with Gasteiger partial charge in [0.15, 0.2) is 5.13 Å². The third-order valence-electron chi connectivity index (χ3n) is 2.95. The molecule has 0 saturated carbocycles. The molecule has 0 saturated heterocycles. The highest BCUT2D eigenvalue weighted by atomic mass is 32.1. The molecule has 0 atom stereocenters. The molecule has 0 spiro atoms. The molecule has 4 nitrogen and oxygen atoms in total. The van der Waals surface area contributed by atoms with Crippen LogP contribution in [0.2, 0.25) is 0 Å². The number of rotatable bonds is 7. The smallest absolute Gasteiger partial charge is 0.185 e. The first-order valence-corrected chi connectivity index (χ1v) is 8.51. The van der Waals surface area contributed by atoms with Gasteiger partial charge in [-0.25, -0.2) is 9.97 Å². The molecule has 2 rings (SSSR count). The summed E-state index contributed by atoms with van der Waals surface area (Å²) in [5, 5.41) is 4.52.